The summed E-state index contributed by atoms with van der Waals surface area (Å²) in [7, 11) is 4.50. The van der Waals surface area contributed by atoms with Gasteiger partial charge < -0.3 is 4.74 Å². The summed E-state index contributed by atoms with van der Waals surface area (Å²) < 4.78 is 5.40. The molecule has 0 aromatic heterocycles. The van der Waals surface area contributed by atoms with Gasteiger partial charge in [0.1, 0.15) is 0 Å². The average molecular weight is 142 g/mol. The Kier molecular flexibility index (Phi) is 11.4. The molecule has 0 aliphatic carbocycles. The van der Waals surface area contributed by atoms with Gasteiger partial charge in [-0.2, -0.15) is 0 Å². The second-order valence-corrected chi connectivity index (χ2v) is 2.40. The Morgan fingerprint density at radius 3 is 1.70 bits per heavy atom. The van der Waals surface area contributed by atoms with E-state index in [4.69, 9.17) is 4.74 Å². The molecular formula is C8H19BO. The number of hydrogen-bond donors (Lipinski definition) is 0. The molecule has 0 saturated heterocycles. The molecule has 0 saturated carbocycles. The van der Waals surface area contributed by atoms with Gasteiger partial charge in [0.25, 0.3) is 0 Å². The van der Waals surface area contributed by atoms with Gasteiger partial charge >= 0.3 is 0 Å². The Bertz CT molecular complexity index is 55.2. The molecule has 1 atom stereocenters. The largest absolute Gasteiger partial charge is 0.376 e. The van der Waals surface area contributed by atoms with Crippen molar-refractivity contribution in [2.75, 3.05) is 0 Å². The fourth-order valence-corrected chi connectivity index (χ4v) is 0.561. The molecule has 1 nitrogen and oxygen atoms in total. The summed E-state index contributed by atoms with van der Waals surface area (Å²) in [5.74, 6) is 0. The zero-order chi connectivity index (χ0) is 8.57. The third-order valence-electron chi connectivity index (χ3n) is 1.08. The van der Waals surface area contributed by atoms with Crippen molar-refractivity contribution in [2.24, 2.45) is 0 Å². The topological polar surface area (TPSA) is 9.23 Å². The van der Waals surface area contributed by atoms with Crippen LogP contribution in [0.1, 0.15) is 34.1 Å². The van der Waals surface area contributed by atoms with E-state index in [0.29, 0.717) is 12.2 Å². The summed E-state index contributed by atoms with van der Waals surface area (Å²) in [5, 5.41) is 0. The van der Waals surface area contributed by atoms with Crippen LogP contribution in [0.15, 0.2) is 0 Å². The fourth-order valence-electron chi connectivity index (χ4n) is 0.561. The first-order valence-corrected chi connectivity index (χ1v) is 3.90. The van der Waals surface area contributed by atoms with Gasteiger partial charge in [-0.25, -0.2) is 0 Å². The van der Waals surface area contributed by atoms with Crippen LogP contribution in [0.5, 0.6) is 0 Å². The van der Waals surface area contributed by atoms with Crippen molar-refractivity contribution in [3.63, 3.8) is 0 Å². The second kappa shape index (κ2) is 9.02. The highest BCUT2D eigenvalue weighted by Gasteiger charge is 1.99. The van der Waals surface area contributed by atoms with Gasteiger partial charge in [-0.1, -0.05) is 13.7 Å². The minimum atomic E-state index is 0.380. The fraction of sp³-hybridized carbons (Fsp3) is 1.00. The van der Waals surface area contributed by atoms with Gasteiger partial charge in [-0.15, -0.1) is 0 Å². The zero-order valence-electron chi connectivity index (χ0n) is 7.85. The van der Waals surface area contributed by atoms with Gasteiger partial charge in [-0.3, -0.25) is 0 Å². The molecule has 10 heavy (non-hydrogen) atoms. The summed E-state index contributed by atoms with van der Waals surface area (Å²) in [5.41, 5.74) is 0. The van der Waals surface area contributed by atoms with Crippen LogP contribution in [0.2, 0.25) is 6.82 Å². The third kappa shape index (κ3) is 10.9. The van der Waals surface area contributed by atoms with Crippen molar-refractivity contribution in [3.05, 3.63) is 0 Å². The maximum absolute atomic E-state index is 5.40. The van der Waals surface area contributed by atoms with E-state index in [-0.39, 0.29) is 0 Å². The lowest BCUT2D eigenvalue weighted by molar-refractivity contribution is 0.0172. The quantitative estimate of drug-likeness (QED) is 0.549. The zero-order valence-corrected chi connectivity index (χ0v) is 7.85. The van der Waals surface area contributed by atoms with Crippen LogP contribution >= 0.6 is 0 Å². The Balaban J connectivity index is 0. The lowest BCUT2D eigenvalue weighted by Gasteiger charge is -2.12. The van der Waals surface area contributed by atoms with Crippen LogP contribution in [-0.4, -0.2) is 20.1 Å². The molecule has 0 N–H and O–H groups in total. The Hall–Kier alpha value is 0.0249. The van der Waals surface area contributed by atoms with E-state index in [0.717, 1.165) is 6.42 Å². The molecule has 0 aromatic carbocycles. The smallest absolute Gasteiger partial charge is 0.0606 e. The number of ether oxygens (including phenoxy) is 1. The van der Waals surface area contributed by atoms with Crippen molar-refractivity contribution in [1.29, 1.82) is 0 Å². The Morgan fingerprint density at radius 2 is 1.60 bits per heavy atom. The van der Waals surface area contributed by atoms with Crippen molar-refractivity contribution >= 4 is 7.85 Å². The van der Waals surface area contributed by atoms with Gasteiger partial charge in [0.05, 0.1) is 20.1 Å². The highest BCUT2D eigenvalue weighted by atomic mass is 16.5. The molecule has 0 bridgehead atoms. The molecule has 0 rings (SSSR count). The standard InChI is InChI=1S/C7H16O.CH3B/c1-5-7(4)8-6(2)3;1-2/h6-7H,5H2,1-4H3;1H3. The maximum atomic E-state index is 5.40. The van der Waals surface area contributed by atoms with Crippen molar-refractivity contribution in [2.45, 2.75) is 53.1 Å². The second-order valence-electron chi connectivity index (χ2n) is 2.40. The highest BCUT2D eigenvalue weighted by Crippen LogP contribution is 1.99. The molecule has 1 unspecified atom stereocenters. The minimum Gasteiger partial charge on any atom is -0.376 e. The first kappa shape index (κ1) is 12.7. The van der Waals surface area contributed by atoms with Crippen LogP contribution in [0, 0.1) is 0 Å². The molecule has 2 radical (unpaired) electrons. The van der Waals surface area contributed by atoms with Crippen molar-refractivity contribution in [3.8, 4) is 0 Å². The molecule has 0 amide bonds. The van der Waals surface area contributed by atoms with E-state index in [9.17, 15) is 0 Å². The van der Waals surface area contributed by atoms with E-state index >= 15 is 0 Å². The summed E-state index contributed by atoms with van der Waals surface area (Å²) in [6.07, 6.45) is 1.91. The first-order chi connectivity index (χ1) is 4.66. The Labute approximate surface area is 66.6 Å². The van der Waals surface area contributed by atoms with E-state index in [1.165, 1.54) is 6.82 Å². The maximum Gasteiger partial charge on any atom is 0.0606 e. The molecule has 0 heterocycles. The predicted octanol–water partition coefficient (Wildman–Crippen LogP) is 2.41. The first-order valence-electron chi connectivity index (χ1n) is 3.90. The van der Waals surface area contributed by atoms with E-state index in [1.54, 1.807) is 0 Å². The van der Waals surface area contributed by atoms with Crippen molar-refractivity contribution < 1.29 is 4.74 Å². The van der Waals surface area contributed by atoms with Crippen LogP contribution in [0.4, 0.5) is 0 Å². The van der Waals surface area contributed by atoms with E-state index in [1.807, 2.05) is 0 Å². The predicted molar refractivity (Wildman–Crippen MR) is 47.6 cm³/mol. The molecule has 0 spiro atoms. The van der Waals surface area contributed by atoms with Gasteiger partial charge in [-0.05, 0) is 27.2 Å². The van der Waals surface area contributed by atoms with E-state index in [2.05, 4.69) is 35.5 Å². The molecule has 2 heteroatoms. The summed E-state index contributed by atoms with van der Waals surface area (Å²) >= 11 is 0. The van der Waals surface area contributed by atoms with Crippen molar-refractivity contribution in [1.82, 2.24) is 0 Å². The lowest BCUT2D eigenvalue weighted by atomic mass is 10.2. The highest BCUT2D eigenvalue weighted by molar-refractivity contribution is 6.05. The summed E-state index contributed by atoms with van der Waals surface area (Å²) in [6.45, 7) is 9.85. The van der Waals surface area contributed by atoms with Crippen LogP contribution in [0.3, 0.4) is 0 Å². The molecule has 0 aliphatic rings. The minimum absolute atomic E-state index is 0.380. The molecular weight excluding hydrogens is 123 g/mol. The normalized spacial score (nSPS) is 12.2. The van der Waals surface area contributed by atoms with E-state index < -0.39 is 0 Å². The molecule has 0 aromatic rings. The average Bonchev–Trinajstić information content (AvgIpc) is 1.91. The van der Waals surface area contributed by atoms with Crippen LogP contribution in [0.25, 0.3) is 0 Å². The third-order valence-corrected chi connectivity index (χ3v) is 1.08. The van der Waals surface area contributed by atoms with Crippen LogP contribution in [-0.2, 0) is 4.74 Å². The SMILES string of the molecule is CCC(C)OC(C)C.[B]C. The van der Waals surface area contributed by atoms with Gasteiger partial charge in [0.2, 0.25) is 0 Å². The Morgan fingerprint density at radius 1 is 1.20 bits per heavy atom. The molecule has 60 valence electrons. The molecule has 0 fully saturated rings. The number of rotatable bonds is 3. The van der Waals surface area contributed by atoms with Gasteiger partial charge in [0, 0.05) is 0 Å². The van der Waals surface area contributed by atoms with Gasteiger partial charge in [0.15, 0.2) is 0 Å². The summed E-state index contributed by atoms with van der Waals surface area (Å²) in [4.78, 5) is 0. The van der Waals surface area contributed by atoms with Crippen LogP contribution < -0.4 is 0 Å². The number of hydrogen-bond acceptors (Lipinski definition) is 1. The molecule has 0 aliphatic heterocycles. The lowest BCUT2D eigenvalue weighted by Crippen LogP contribution is -2.12. The summed E-state index contributed by atoms with van der Waals surface area (Å²) in [6, 6.07) is 0. The monoisotopic (exact) mass is 142 g/mol.